The molecule has 0 saturated heterocycles. The zero-order valence-corrected chi connectivity index (χ0v) is 20.2. The van der Waals surface area contributed by atoms with Gasteiger partial charge >= 0.3 is 0 Å². The molecule has 5 aromatic rings. The molecular weight excluding hydrogens is 456 g/mol. The first-order valence-corrected chi connectivity index (χ1v) is 12.1. The Labute approximate surface area is 206 Å². The van der Waals surface area contributed by atoms with Gasteiger partial charge in [0.2, 0.25) is 11.8 Å². The summed E-state index contributed by atoms with van der Waals surface area (Å²) in [6.45, 7) is 4.56. The molecule has 36 heavy (non-hydrogen) atoms. The maximum Gasteiger partial charge on any atom is 0.278 e. The molecule has 0 radical (unpaired) electrons. The molecule has 182 valence electrons. The fourth-order valence-electron chi connectivity index (χ4n) is 4.48. The first-order valence-electron chi connectivity index (χ1n) is 12.1. The van der Waals surface area contributed by atoms with Crippen LogP contribution in [0.2, 0.25) is 0 Å². The van der Waals surface area contributed by atoms with Crippen molar-refractivity contribution in [2.75, 3.05) is 0 Å². The number of nitrogens with one attached hydrogen (secondary N) is 1. The summed E-state index contributed by atoms with van der Waals surface area (Å²) in [6.07, 6.45) is 3.64. The van der Waals surface area contributed by atoms with Crippen molar-refractivity contribution in [3.63, 3.8) is 0 Å². The van der Waals surface area contributed by atoms with E-state index in [1.165, 1.54) is 16.5 Å². The number of hydrogen-bond acceptors (Lipinski definition) is 6. The number of hydrogen-bond donors (Lipinski definition) is 1. The van der Waals surface area contributed by atoms with Gasteiger partial charge in [0.05, 0.1) is 11.8 Å². The second kappa shape index (κ2) is 8.75. The van der Waals surface area contributed by atoms with Gasteiger partial charge in [-0.1, -0.05) is 46.6 Å². The van der Waals surface area contributed by atoms with Crippen LogP contribution in [0.5, 0.6) is 0 Å². The lowest BCUT2D eigenvalue weighted by Crippen LogP contribution is -2.29. The van der Waals surface area contributed by atoms with Crippen LogP contribution in [0.1, 0.15) is 47.2 Å². The zero-order valence-electron chi connectivity index (χ0n) is 20.2. The summed E-state index contributed by atoms with van der Waals surface area (Å²) < 4.78 is 8.58. The fourth-order valence-corrected chi connectivity index (χ4v) is 4.48. The minimum Gasteiger partial charge on any atom is -0.350 e. The zero-order chi connectivity index (χ0) is 24.8. The van der Waals surface area contributed by atoms with E-state index < -0.39 is 0 Å². The third kappa shape index (κ3) is 4.17. The molecule has 1 fully saturated rings. The number of carbonyl (C=O) groups is 1. The topological polar surface area (TPSA) is 108 Å². The Bertz CT molecular complexity index is 1660. The van der Waals surface area contributed by atoms with E-state index in [1.807, 2.05) is 56.3 Å². The molecule has 2 aromatic carbocycles. The highest BCUT2D eigenvalue weighted by Crippen LogP contribution is 2.38. The van der Waals surface area contributed by atoms with Crippen LogP contribution in [-0.2, 0) is 24.4 Å². The first-order chi connectivity index (χ1) is 17.5. The molecule has 0 aliphatic heterocycles. The average molecular weight is 483 g/mol. The van der Waals surface area contributed by atoms with Gasteiger partial charge in [0.1, 0.15) is 24.1 Å². The van der Waals surface area contributed by atoms with Crippen LogP contribution < -0.4 is 10.9 Å². The van der Waals surface area contributed by atoms with Crippen molar-refractivity contribution in [3.8, 4) is 0 Å². The highest BCUT2D eigenvalue weighted by atomic mass is 16.5. The summed E-state index contributed by atoms with van der Waals surface area (Å²) in [5.41, 5.74) is 4.72. The second-order valence-electron chi connectivity index (χ2n) is 9.56. The molecule has 1 amide bonds. The average Bonchev–Trinajstić information content (AvgIpc) is 3.54. The van der Waals surface area contributed by atoms with Crippen LogP contribution in [0, 0.1) is 13.8 Å². The van der Waals surface area contributed by atoms with Gasteiger partial charge < -0.3 is 14.4 Å². The lowest BCUT2D eigenvalue weighted by atomic mass is 10.1. The molecule has 6 rings (SSSR count). The van der Waals surface area contributed by atoms with Crippen LogP contribution in [0.3, 0.4) is 0 Å². The number of rotatable bonds is 7. The Morgan fingerprint density at radius 3 is 2.67 bits per heavy atom. The number of amides is 1. The van der Waals surface area contributed by atoms with E-state index in [9.17, 15) is 9.59 Å². The molecule has 3 aromatic heterocycles. The van der Waals surface area contributed by atoms with Gasteiger partial charge in [0.25, 0.3) is 5.56 Å². The summed E-state index contributed by atoms with van der Waals surface area (Å²) in [6, 6.07) is 13.9. The maximum atomic E-state index is 13.6. The van der Waals surface area contributed by atoms with Crippen LogP contribution in [-0.4, -0.2) is 30.2 Å². The number of fused-ring (bicyclic) bond motifs is 3. The van der Waals surface area contributed by atoms with Crippen molar-refractivity contribution in [2.45, 2.75) is 52.2 Å². The van der Waals surface area contributed by atoms with Crippen molar-refractivity contribution >= 4 is 27.8 Å². The highest BCUT2D eigenvalue weighted by molar-refractivity contribution is 6.06. The SMILES string of the molecule is Cc1ccc(CNC(=O)Cn2c3ccc(C)cc3c3ncn(Cc4nc(C5CC5)no4)c(=O)c32)cc1. The Morgan fingerprint density at radius 1 is 1.11 bits per heavy atom. The smallest absolute Gasteiger partial charge is 0.278 e. The van der Waals surface area contributed by atoms with Gasteiger partial charge in [-0.25, -0.2) is 4.98 Å². The summed E-state index contributed by atoms with van der Waals surface area (Å²) in [5, 5.41) is 7.85. The van der Waals surface area contributed by atoms with Crippen LogP contribution in [0.15, 0.2) is 58.1 Å². The number of aromatic nitrogens is 5. The minimum absolute atomic E-state index is 0.00222. The fraction of sp³-hybridized carbons (Fsp3) is 0.296. The second-order valence-corrected chi connectivity index (χ2v) is 9.56. The number of carbonyl (C=O) groups excluding carboxylic acids is 1. The number of aryl methyl sites for hydroxylation is 2. The quantitative estimate of drug-likeness (QED) is 0.380. The lowest BCUT2D eigenvalue weighted by Gasteiger charge is -2.10. The monoisotopic (exact) mass is 482 g/mol. The molecule has 0 unspecified atom stereocenters. The minimum atomic E-state index is -0.258. The number of nitrogens with zero attached hydrogens (tertiary/aromatic N) is 5. The molecule has 0 spiro atoms. The molecule has 0 bridgehead atoms. The normalized spacial score (nSPS) is 13.5. The maximum absolute atomic E-state index is 13.6. The Hall–Kier alpha value is -4.27. The summed E-state index contributed by atoms with van der Waals surface area (Å²) >= 11 is 0. The van der Waals surface area contributed by atoms with Gasteiger partial charge in [0.15, 0.2) is 5.82 Å². The van der Waals surface area contributed by atoms with E-state index in [0.29, 0.717) is 35.2 Å². The van der Waals surface area contributed by atoms with E-state index in [-0.39, 0.29) is 24.6 Å². The summed E-state index contributed by atoms with van der Waals surface area (Å²) in [7, 11) is 0. The Kier molecular flexibility index (Phi) is 5.40. The van der Waals surface area contributed by atoms with E-state index in [0.717, 1.165) is 34.9 Å². The summed E-state index contributed by atoms with van der Waals surface area (Å²) in [5.74, 6) is 1.25. The molecule has 9 nitrogen and oxygen atoms in total. The molecule has 1 aliphatic rings. The molecule has 1 saturated carbocycles. The Morgan fingerprint density at radius 2 is 1.89 bits per heavy atom. The standard InChI is InChI=1S/C27H26N6O3/c1-16-3-6-18(7-4-16)12-28-22(34)13-33-21-10-5-17(2)11-20(21)24-25(33)27(35)32(15-29-24)14-23-30-26(31-36-23)19-8-9-19/h3-7,10-11,15,19H,8-9,12-14H2,1-2H3,(H,28,34). The first kappa shape index (κ1) is 22.2. The number of benzene rings is 2. The lowest BCUT2D eigenvalue weighted by molar-refractivity contribution is -0.121. The van der Waals surface area contributed by atoms with Gasteiger partial charge in [-0.2, -0.15) is 4.98 Å². The van der Waals surface area contributed by atoms with Crippen molar-refractivity contribution in [1.82, 2.24) is 29.6 Å². The van der Waals surface area contributed by atoms with Crippen LogP contribution in [0.25, 0.3) is 21.9 Å². The van der Waals surface area contributed by atoms with Crippen molar-refractivity contribution < 1.29 is 9.32 Å². The van der Waals surface area contributed by atoms with E-state index in [1.54, 1.807) is 4.57 Å². The molecule has 1 N–H and O–H groups in total. The predicted octanol–water partition coefficient (Wildman–Crippen LogP) is 3.59. The molecule has 9 heteroatoms. The van der Waals surface area contributed by atoms with Crippen LogP contribution >= 0.6 is 0 Å². The van der Waals surface area contributed by atoms with Crippen molar-refractivity contribution in [3.05, 3.63) is 87.6 Å². The summed E-state index contributed by atoms with van der Waals surface area (Å²) in [4.78, 5) is 35.7. The Balaban J connectivity index is 1.35. The molecule has 1 aliphatic carbocycles. The predicted molar refractivity (Wildman–Crippen MR) is 135 cm³/mol. The highest BCUT2D eigenvalue weighted by Gasteiger charge is 2.29. The van der Waals surface area contributed by atoms with Crippen LogP contribution in [0.4, 0.5) is 0 Å². The van der Waals surface area contributed by atoms with E-state index in [4.69, 9.17) is 4.52 Å². The third-order valence-electron chi connectivity index (χ3n) is 6.63. The van der Waals surface area contributed by atoms with Crippen molar-refractivity contribution in [1.29, 1.82) is 0 Å². The third-order valence-corrected chi connectivity index (χ3v) is 6.63. The molecule has 3 heterocycles. The molecular formula is C27H26N6O3. The largest absolute Gasteiger partial charge is 0.350 e. The van der Waals surface area contributed by atoms with E-state index in [2.05, 4.69) is 20.4 Å². The van der Waals surface area contributed by atoms with Gasteiger partial charge in [0, 0.05) is 17.8 Å². The van der Waals surface area contributed by atoms with Crippen molar-refractivity contribution in [2.24, 2.45) is 0 Å². The van der Waals surface area contributed by atoms with Gasteiger partial charge in [-0.15, -0.1) is 0 Å². The molecule has 0 atom stereocenters. The van der Waals surface area contributed by atoms with Gasteiger partial charge in [-0.05, 0) is 44.4 Å². The van der Waals surface area contributed by atoms with E-state index >= 15 is 0 Å². The van der Waals surface area contributed by atoms with Gasteiger partial charge in [-0.3, -0.25) is 14.2 Å².